The van der Waals surface area contributed by atoms with Crippen LogP contribution in [0.1, 0.15) is 31.1 Å². The highest BCUT2D eigenvalue weighted by atomic mass is 16.5. The third kappa shape index (κ3) is 4.63. The average molecular weight is 252 g/mol. The van der Waals surface area contributed by atoms with Crippen LogP contribution in [0.25, 0.3) is 0 Å². The van der Waals surface area contributed by atoms with E-state index in [2.05, 4.69) is 0 Å². The Balaban J connectivity index is 2.56. The van der Waals surface area contributed by atoms with E-state index < -0.39 is 5.91 Å². The summed E-state index contributed by atoms with van der Waals surface area (Å²) in [6.07, 6.45) is 0. The van der Waals surface area contributed by atoms with Gasteiger partial charge in [0.1, 0.15) is 12.4 Å². The van der Waals surface area contributed by atoms with Gasteiger partial charge in [0.2, 0.25) is 5.91 Å². The van der Waals surface area contributed by atoms with Crippen molar-refractivity contribution < 1.29 is 14.3 Å². The van der Waals surface area contributed by atoms with Crippen molar-refractivity contribution in [3.63, 3.8) is 0 Å². The molecule has 0 aliphatic rings. The number of nitrogen functional groups attached to an aromatic ring is 1. The van der Waals surface area contributed by atoms with Crippen molar-refractivity contribution in [2.45, 2.75) is 26.4 Å². The molecular weight excluding hydrogens is 232 g/mol. The summed E-state index contributed by atoms with van der Waals surface area (Å²) in [6, 6.07) is 4.70. The number of amides is 1. The van der Waals surface area contributed by atoms with Crippen LogP contribution in [0.4, 0.5) is 5.69 Å². The molecule has 0 fully saturated rings. The molecule has 0 aliphatic carbocycles. The molecule has 0 aromatic heterocycles. The molecule has 1 amide bonds. The van der Waals surface area contributed by atoms with Gasteiger partial charge in [0.05, 0.1) is 17.9 Å². The standard InChI is InChI=1S/C13H20N2O3/c1-13(2,3)18-7-6-17-11-8-9(12(15)16)4-5-10(11)14/h4-5,8H,6-7,14H2,1-3H3,(H2,15,16). The number of primary amides is 1. The molecule has 0 atom stereocenters. The highest BCUT2D eigenvalue weighted by Gasteiger charge is 2.10. The monoisotopic (exact) mass is 252 g/mol. The fourth-order valence-electron chi connectivity index (χ4n) is 1.31. The Kier molecular flexibility index (Phi) is 4.55. The van der Waals surface area contributed by atoms with E-state index in [1.165, 1.54) is 6.07 Å². The van der Waals surface area contributed by atoms with Gasteiger partial charge in [-0.25, -0.2) is 0 Å². The van der Waals surface area contributed by atoms with E-state index in [0.717, 1.165) is 0 Å². The van der Waals surface area contributed by atoms with Crippen molar-refractivity contribution in [3.8, 4) is 5.75 Å². The van der Waals surface area contributed by atoms with Crippen LogP contribution in [0.5, 0.6) is 5.75 Å². The molecule has 100 valence electrons. The second kappa shape index (κ2) is 5.73. The minimum atomic E-state index is -0.509. The number of carbonyl (C=O) groups excluding carboxylic acids is 1. The molecule has 1 aromatic carbocycles. The van der Waals surface area contributed by atoms with E-state index in [1.807, 2.05) is 20.8 Å². The van der Waals surface area contributed by atoms with Crippen LogP contribution < -0.4 is 16.2 Å². The zero-order chi connectivity index (χ0) is 13.8. The summed E-state index contributed by atoms with van der Waals surface area (Å²) in [7, 11) is 0. The predicted octanol–water partition coefficient (Wildman–Crippen LogP) is 1.56. The van der Waals surface area contributed by atoms with Gasteiger partial charge in [0, 0.05) is 5.56 Å². The van der Waals surface area contributed by atoms with Crippen LogP contribution in [0.3, 0.4) is 0 Å². The summed E-state index contributed by atoms with van der Waals surface area (Å²) >= 11 is 0. The van der Waals surface area contributed by atoms with Crippen LogP contribution in [-0.4, -0.2) is 24.7 Å². The Morgan fingerprint density at radius 1 is 1.28 bits per heavy atom. The number of hydrogen-bond acceptors (Lipinski definition) is 4. The summed E-state index contributed by atoms with van der Waals surface area (Å²) < 4.78 is 11.0. The lowest BCUT2D eigenvalue weighted by atomic mass is 10.2. The molecule has 5 nitrogen and oxygen atoms in total. The van der Waals surface area contributed by atoms with Crippen molar-refractivity contribution in [3.05, 3.63) is 23.8 Å². The number of hydrogen-bond donors (Lipinski definition) is 2. The molecule has 1 aromatic rings. The molecule has 0 aliphatic heterocycles. The Morgan fingerprint density at radius 2 is 1.94 bits per heavy atom. The van der Waals surface area contributed by atoms with Gasteiger partial charge in [-0.15, -0.1) is 0 Å². The van der Waals surface area contributed by atoms with E-state index >= 15 is 0 Å². The zero-order valence-electron chi connectivity index (χ0n) is 11.0. The molecule has 18 heavy (non-hydrogen) atoms. The van der Waals surface area contributed by atoms with Crippen LogP contribution in [0.15, 0.2) is 18.2 Å². The maximum absolute atomic E-state index is 11.0. The highest BCUT2D eigenvalue weighted by Crippen LogP contribution is 2.22. The largest absolute Gasteiger partial charge is 0.489 e. The van der Waals surface area contributed by atoms with Crippen molar-refractivity contribution in [2.24, 2.45) is 5.73 Å². The number of anilines is 1. The molecule has 0 saturated carbocycles. The average Bonchev–Trinajstić information content (AvgIpc) is 2.24. The summed E-state index contributed by atoms with van der Waals surface area (Å²) in [5.74, 6) is -0.0606. The second-order valence-corrected chi connectivity index (χ2v) is 4.93. The lowest BCUT2D eigenvalue weighted by molar-refractivity contribution is -0.0162. The summed E-state index contributed by atoms with van der Waals surface area (Å²) in [5, 5.41) is 0. The predicted molar refractivity (Wildman–Crippen MR) is 70.6 cm³/mol. The lowest BCUT2D eigenvalue weighted by Gasteiger charge is -2.19. The smallest absolute Gasteiger partial charge is 0.248 e. The number of carbonyl (C=O) groups is 1. The van der Waals surface area contributed by atoms with E-state index in [0.29, 0.717) is 30.2 Å². The van der Waals surface area contributed by atoms with Crippen molar-refractivity contribution in [1.29, 1.82) is 0 Å². The Labute approximate surface area is 107 Å². The SMILES string of the molecule is CC(C)(C)OCCOc1cc(C(N)=O)ccc1N. The Bertz CT molecular complexity index is 425. The van der Waals surface area contributed by atoms with Crippen LogP contribution in [-0.2, 0) is 4.74 Å². The topological polar surface area (TPSA) is 87.6 Å². The maximum atomic E-state index is 11.0. The van der Waals surface area contributed by atoms with Gasteiger partial charge in [0.25, 0.3) is 0 Å². The van der Waals surface area contributed by atoms with E-state index in [1.54, 1.807) is 12.1 Å². The number of ether oxygens (including phenoxy) is 2. The quantitative estimate of drug-likeness (QED) is 0.615. The van der Waals surface area contributed by atoms with Gasteiger partial charge < -0.3 is 20.9 Å². The van der Waals surface area contributed by atoms with E-state index in [9.17, 15) is 4.79 Å². The third-order valence-corrected chi connectivity index (χ3v) is 2.17. The van der Waals surface area contributed by atoms with Gasteiger partial charge >= 0.3 is 0 Å². The van der Waals surface area contributed by atoms with E-state index in [-0.39, 0.29) is 5.60 Å². The fraction of sp³-hybridized carbons (Fsp3) is 0.462. The molecule has 0 heterocycles. The molecule has 0 unspecified atom stereocenters. The number of nitrogens with two attached hydrogens (primary N) is 2. The number of benzene rings is 1. The first-order valence-corrected chi connectivity index (χ1v) is 5.76. The zero-order valence-corrected chi connectivity index (χ0v) is 11.0. The first kappa shape index (κ1) is 14.3. The molecule has 4 N–H and O–H groups in total. The fourth-order valence-corrected chi connectivity index (χ4v) is 1.31. The summed E-state index contributed by atoms with van der Waals surface area (Å²) in [4.78, 5) is 11.0. The minimum Gasteiger partial charge on any atom is -0.489 e. The maximum Gasteiger partial charge on any atom is 0.248 e. The van der Waals surface area contributed by atoms with Crippen molar-refractivity contribution in [1.82, 2.24) is 0 Å². The number of rotatable bonds is 5. The molecule has 1 rings (SSSR count). The summed E-state index contributed by atoms with van der Waals surface area (Å²) in [6.45, 7) is 6.71. The lowest BCUT2D eigenvalue weighted by Crippen LogP contribution is -2.22. The minimum absolute atomic E-state index is 0.204. The molecular formula is C13H20N2O3. The normalized spacial score (nSPS) is 11.3. The Morgan fingerprint density at radius 3 is 2.50 bits per heavy atom. The van der Waals surface area contributed by atoms with E-state index in [4.69, 9.17) is 20.9 Å². The summed E-state index contributed by atoms with van der Waals surface area (Å²) in [5.41, 5.74) is 11.6. The first-order chi connectivity index (χ1) is 8.29. The van der Waals surface area contributed by atoms with Gasteiger partial charge in [-0.1, -0.05) is 0 Å². The van der Waals surface area contributed by atoms with Gasteiger partial charge in [-0.05, 0) is 39.0 Å². The highest BCUT2D eigenvalue weighted by molar-refractivity contribution is 5.93. The molecule has 0 spiro atoms. The van der Waals surface area contributed by atoms with Crippen LogP contribution >= 0.6 is 0 Å². The van der Waals surface area contributed by atoms with Crippen LogP contribution in [0.2, 0.25) is 0 Å². The second-order valence-electron chi connectivity index (χ2n) is 4.93. The van der Waals surface area contributed by atoms with Gasteiger partial charge in [-0.2, -0.15) is 0 Å². The van der Waals surface area contributed by atoms with Crippen molar-refractivity contribution in [2.75, 3.05) is 18.9 Å². The molecule has 0 radical (unpaired) electrons. The van der Waals surface area contributed by atoms with Crippen molar-refractivity contribution >= 4 is 11.6 Å². The van der Waals surface area contributed by atoms with Gasteiger partial charge in [0.15, 0.2) is 0 Å². The molecule has 5 heteroatoms. The van der Waals surface area contributed by atoms with Gasteiger partial charge in [-0.3, -0.25) is 4.79 Å². The van der Waals surface area contributed by atoms with Crippen LogP contribution in [0, 0.1) is 0 Å². The first-order valence-electron chi connectivity index (χ1n) is 5.76. The third-order valence-electron chi connectivity index (χ3n) is 2.17. The molecule has 0 saturated heterocycles. The Hall–Kier alpha value is -1.75. The molecule has 0 bridgehead atoms.